The summed E-state index contributed by atoms with van der Waals surface area (Å²) in [6.45, 7) is 2.38. The normalized spacial score (nSPS) is 12.8. The van der Waals surface area contributed by atoms with Crippen LogP contribution >= 0.6 is 0 Å². The summed E-state index contributed by atoms with van der Waals surface area (Å²) in [5.41, 5.74) is 12.3. The molecule has 0 atom stereocenters. The average molecular weight is 331 g/mol. The summed E-state index contributed by atoms with van der Waals surface area (Å²) in [7, 11) is 0. The molecule has 0 bridgehead atoms. The van der Waals surface area contributed by atoms with Gasteiger partial charge in [0.05, 0.1) is 16.9 Å². The largest absolute Gasteiger partial charge is 0.508 e. The van der Waals surface area contributed by atoms with Gasteiger partial charge in [0.25, 0.3) is 5.91 Å². The molecule has 2 aromatic carbocycles. The van der Waals surface area contributed by atoms with E-state index >= 15 is 0 Å². The van der Waals surface area contributed by atoms with Crippen molar-refractivity contribution >= 4 is 11.6 Å². The van der Waals surface area contributed by atoms with Gasteiger partial charge in [-0.15, -0.1) is 0 Å². The van der Waals surface area contributed by atoms with Gasteiger partial charge >= 0.3 is 0 Å². The number of amides is 1. The number of fused-ring (bicyclic) bond motifs is 1. The molecule has 0 unspecified atom stereocenters. The van der Waals surface area contributed by atoms with Crippen LogP contribution in [0.15, 0.2) is 48.7 Å². The first-order chi connectivity index (χ1) is 12.1. The molecule has 124 valence electrons. The number of nitrogens with one attached hydrogen (secondary N) is 1. The number of phenols is 1. The fraction of sp³-hybridized carbons (Fsp3) is 0.100. The Kier molecular flexibility index (Phi) is 3.42. The first-order valence-corrected chi connectivity index (χ1v) is 8.01. The predicted molar refractivity (Wildman–Crippen MR) is 97.1 cm³/mol. The number of aryl methyl sites for hydroxylation is 1. The van der Waals surface area contributed by atoms with E-state index in [1.807, 2.05) is 37.3 Å². The lowest BCUT2D eigenvalue weighted by atomic mass is 9.90. The summed E-state index contributed by atoms with van der Waals surface area (Å²) in [6, 6.07) is 12.8. The number of nitrogens with two attached hydrogens (primary N) is 1. The molecule has 2 heterocycles. The number of hydrogen-bond donors (Lipinski definition) is 3. The third-order valence-corrected chi connectivity index (χ3v) is 4.58. The molecule has 5 nitrogen and oxygen atoms in total. The van der Waals surface area contributed by atoms with Crippen molar-refractivity contribution in [1.82, 2.24) is 10.3 Å². The Bertz CT molecular complexity index is 998. The van der Waals surface area contributed by atoms with Crippen molar-refractivity contribution in [2.24, 2.45) is 0 Å². The molecule has 0 aliphatic carbocycles. The summed E-state index contributed by atoms with van der Waals surface area (Å²) in [6.07, 6.45) is 1.72. The number of phenolic OH excluding ortho intramolecular Hbond substituents is 1. The summed E-state index contributed by atoms with van der Waals surface area (Å²) < 4.78 is 0. The van der Waals surface area contributed by atoms with E-state index < -0.39 is 0 Å². The average Bonchev–Trinajstić information content (AvgIpc) is 3.01. The Morgan fingerprint density at radius 1 is 1.12 bits per heavy atom. The minimum Gasteiger partial charge on any atom is -0.508 e. The molecule has 0 saturated carbocycles. The summed E-state index contributed by atoms with van der Waals surface area (Å²) >= 11 is 0. The van der Waals surface area contributed by atoms with Crippen LogP contribution in [-0.4, -0.2) is 16.0 Å². The van der Waals surface area contributed by atoms with Gasteiger partial charge in [-0.1, -0.05) is 12.1 Å². The lowest BCUT2D eigenvalue weighted by Gasteiger charge is -2.16. The van der Waals surface area contributed by atoms with E-state index in [-0.39, 0.29) is 11.7 Å². The van der Waals surface area contributed by atoms with Crippen LogP contribution in [0.5, 0.6) is 5.75 Å². The minimum atomic E-state index is -0.177. The van der Waals surface area contributed by atoms with Crippen LogP contribution in [0, 0.1) is 6.92 Å². The molecule has 0 spiro atoms. The number of aromatic hydroxyl groups is 1. The Balaban J connectivity index is 2.05. The molecule has 4 N–H and O–H groups in total. The van der Waals surface area contributed by atoms with Crippen molar-refractivity contribution in [3.8, 4) is 28.1 Å². The number of hydrogen-bond acceptors (Lipinski definition) is 4. The highest BCUT2D eigenvalue weighted by molar-refractivity contribution is 6.08. The zero-order chi connectivity index (χ0) is 17.6. The maximum atomic E-state index is 12.3. The standard InChI is InChI=1S/C20H17N3O2/c1-11-5-6-12(24)8-13(11)15-9-14(17-4-2-3-7-22-17)16-10-23-20(25)18(16)19(15)21/h2-9,24H,10,21H2,1H3,(H,23,25). The van der Waals surface area contributed by atoms with Crippen LogP contribution in [-0.2, 0) is 6.54 Å². The summed E-state index contributed by atoms with van der Waals surface area (Å²) in [5.74, 6) is -0.0197. The molecular weight excluding hydrogens is 314 g/mol. The maximum absolute atomic E-state index is 12.3. The van der Waals surface area contributed by atoms with Crippen LogP contribution in [0.2, 0.25) is 0 Å². The number of carbonyl (C=O) groups excluding carboxylic acids is 1. The van der Waals surface area contributed by atoms with Gasteiger partial charge < -0.3 is 16.2 Å². The van der Waals surface area contributed by atoms with E-state index in [1.165, 1.54) is 0 Å². The molecule has 1 aromatic heterocycles. The molecule has 4 rings (SSSR count). The van der Waals surface area contributed by atoms with Crippen molar-refractivity contribution in [3.05, 3.63) is 65.4 Å². The highest BCUT2D eigenvalue weighted by atomic mass is 16.3. The zero-order valence-electron chi connectivity index (χ0n) is 13.7. The molecular formula is C20H17N3O2. The highest BCUT2D eigenvalue weighted by Crippen LogP contribution is 2.40. The monoisotopic (exact) mass is 331 g/mol. The molecule has 5 heteroatoms. The third-order valence-electron chi connectivity index (χ3n) is 4.58. The van der Waals surface area contributed by atoms with Crippen molar-refractivity contribution < 1.29 is 9.90 Å². The first kappa shape index (κ1) is 15.2. The van der Waals surface area contributed by atoms with Gasteiger partial charge in [-0.3, -0.25) is 9.78 Å². The maximum Gasteiger partial charge on any atom is 0.254 e. The second kappa shape index (κ2) is 5.63. The van der Waals surface area contributed by atoms with E-state index in [9.17, 15) is 9.90 Å². The summed E-state index contributed by atoms with van der Waals surface area (Å²) in [5, 5.41) is 12.7. The van der Waals surface area contributed by atoms with Gasteiger partial charge in [-0.05, 0) is 53.9 Å². The second-order valence-electron chi connectivity index (χ2n) is 6.14. The molecule has 0 saturated heterocycles. The molecule has 1 aliphatic heterocycles. The van der Waals surface area contributed by atoms with E-state index in [1.54, 1.807) is 18.3 Å². The number of aromatic nitrogens is 1. The van der Waals surface area contributed by atoms with Crippen molar-refractivity contribution in [3.63, 3.8) is 0 Å². The number of benzene rings is 2. The molecule has 0 radical (unpaired) electrons. The molecule has 1 aliphatic rings. The third kappa shape index (κ3) is 2.41. The first-order valence-electron chi connectivity index (χ1n) is 8.01. The van der Waals surface area contributed by atoms with Crippen molar-refractivity contribution in [1.29, 1.82) is 0 Å². The minimum absolute atomic E-state index is 0.157. The van der Waals surface area contributed by atoms with Crippen molar-refractivity contribution in [2.45, 2.75) is 13.5 Å². The van der Waals surface area contributed by atoms with Crippen LogP contribution in [0.3, 0.4) is 0 Å². The second-order valence-corrected chi connectivity index (χ2v) is 6.14. The molecule has 3 aromatic rings. The Labute approximate surface area is 145 Å². The van der Waals surface area contributed by atoms with Gasteiger partial charge in [-0.2, -0.15) is 0 Å². The van der Waals surface area contributed by atoms with Crippen LogP contribution < -0.4 is 11.1 Å². The molecule has 25 heavy (non-hydrogen) atoms. The molecule has 0 fully saturated rings. The van der Waals surface area contributed by atoms with Crippen LogP contribution in [0.1, 0.15) is 21.5 Å². The quantitative estimate of drug-likeness (QED) is 0.629. The fourth-order valence-electron chi connectivity index (χ4n) is 3.31. The smallest absolute Gasteiger partial charge is 0.254 e. The SMILES string of the molecule is Cc1ccc(O)cc1-c1cc(-c2ccccn2)c2c(c1N)C(=O)NC2. The number of nitrogen functional groups attached to an aromatic ring is 1. The number of carbonyl (C=O) groups is 1. The number of anilines is 1. The van der Waals surface area contributed by atoms with Gasteiger partial charge in [0, 0.05) is 23.9 Å². The predicted octanol–water partition coefficient (Wildman–Crippen LogP) is 3.26. The number of rotatable bonds is 2. The van der Waals surface area contributed by atoms with Crippen molar-refractivity contribution in [2.75, 3.05) is 5.73 Å². The van der Waals surface area contributed by atoms with Gasteiger partial charge in [0.15, 0.2) is 0 Å². The highest BCUT2D eigenvalue weighted by Gasteiger charge is 2.28. The van der Waals surface area contributed by atoms with Gasteiger partial charge in [0.2, 0.25) is 0 Å². The molecule has 1 amide bonds. The van der Waals surface area contributed by atoms with E-state index in [4.69, 9.17) is 5.73 Å². The zero-order valence-corrected chi connectivity index (χ0v) is 13.7. The topological polar surface area (TPSA) is 88.2 Å². The summed E-state index contributed by atoms with van der Waals surface area (Å²) in [4.78, 5) is 16.8. The van der Waals surface area contributed by atoms with E-state index in [0.717, 1.165) is 33.5 Å². The lowest BCUT2D eigenvalue weighted by Crippen LogP contribution is -2.13. The Morgan fingerprint density at radius 3 is 2.72 bits per heavy atom. The van der Waals surface area contributed by atoms with E-state index in [0.29, 0.717) is 17.8 Å². The number of pyridine rings is 1. The Hall–Kier alpha value is -3.34. The van der Waals surface area contributed by atoms with Gasteiger partial charge in [-0.25, -0.2) is 0 Å². The Morgan fingerprint density at radius 2 is 1.96 bits per heavy atom. The van der Waals surface area contributed by atoms with Crippen LogP contribution in [0.4, 0.5) is 5.69 Å². The van der Waals surface area contributed by atoms with Gasteiger partial charge in [0.1, 0.15) is 5.75 Å². The number of nitrogens with zero attached hydrogens (tertiary/aromatic N) is 1. The van der Waals surface area contributed by atoms with E-state index in [2.05, 4.69) is 10.3 Å². The fourth-order valence-corrected chi connectivity index (χ4v) is 3.31. The lowest BCUT2D eigenvalue weighted by molar-refractivity contribution is 0.0966. The van der Waals surface area contributed by atoms with Crippen LogP contribution in [0.25, 0.3) is 22.4 Å².